The highest BCUT2D eigenvalue weighted by Gasteiger charge is 2.21. The van der Waals surface area contributed by atoms with Crippen molar-refractivity contribution < 1.29 is 4.79 Å². The fourth-order valence-electron chi connectivity index (χ4n) is 4.71. The molecule has 0 fully saturated rings. The third-order valence-electron chi connectivity index (χ3n) is 7.00. The van der Waals surface area contributed by atoms with Crippen LogP contribution in [0.4, 0.5) is 11.4 Å². The van der Waals surface area contributed by atoms with Crippen molar-refractivity contribution in [1.29, 1.82) is 0 Å². The maximum Gasteiger partial charge on any atom is 0.253 e. The number of hydrogen-bond donors (Lipinski definition) is 2. The molecule has 0 bridgehead atoms. The maximum absolute atomic E-state index is 12.9. The number of carbonyl (C=O) groups excluding carboxylic acids is 1. The van der Waals surface area contributed by atoms with Crippen LogP contribution in [-0.4, -0.2) is 45.2 Å². The van der Waals surface area contributed by atoms with Crippen LogP contribution in [0.2, 0.25) is 0 Å². The molecule has 0 radical (unpaired) electrons. The zero-order valence-corrected chi connectivity index (χ0v) is 24.9. The predicted octanol–water partition coefficient (Wildman–Crippen LogP) is 6.51. The van der Waals surface area contributed by atoms with E-state index in [9.17, 15) is 4.79 Å². The van der Waals surface area contributed by atoms with Crippen LogP contribution < -0.4 is 15.6 Å². The molecule has 0 unspecified atom stereocenters. The number of carbonyl (C=O) groups is 1. The molecule has 0 saturated heterocycles. The standard InChI is InChI=1S/C33H35N7OS/c1-4-39(5-2)27-20-18-25(19-21-27)22-35-37-32(41)24(3)42-33-38-36-31(40(33)28-14-7-6-8-15-28)23-34-30-17-11-13-26-12-9-10-16-29(26)30/h6-22,24,34H,4-5,23H2,1-3H3,(H,37,41)/t24-/m1/s1. The van der Waals surface area contributed by atoms with E-state index in [4.69, 9.17) is 0 Å². The molecule has 5 aromatic rings. The molecule has 1 amide bonds. The van der Waals surface area contributed by atoms with E-state index in [1.807, 2.05) is 72.2 Å². The van der Waals surface area contributed by atoms with E-state index < -0.39 is 5.25 Å². The van der Waals surface area contributed by atoms with E-state index in [-0.39, 0.29) is 5.91 Å². The van der Waals surface area contributed by atoms with Crippen LogP contribution in [-0.2, 0) is 11.3 Å². The van der Waals surface area contributed by atoms with Gasteiger partial charge < -0.3 is 10.2 Å². The Morgan fingerprint density at radius 1 is 0.929 bits per heavy atom. The first-order valence-electron chi connectivity index (χ1n) is 14.1. The second-order valence-corrected chi connectivity index (χ2v) is 11.0. The van der Waals surface area contributed by atoms with E-state index in [0.29, 0.717) is 11.7 Å². The Bertz CT molecular complexity index is 1640. The molecule has 0 aliphatic heterocycles. The molecule has 2 N–H and O–H groups in total. The largest absolute Gasteiger partial charge is 0.377 e. The molecule has 1 atom stereocenters. The van der Waals surface area contributed by atoms with Gasteiger partial charge in [-0.2, -0.15) is 5.10 Å². The number of hydrazone groups is 1. The highest BCUT2D eigenvalue weighted by atomic mass is 32.2. The van der Waals surface area contributed by atoms with Gasteiger partial charge in [0.25, 0.3) is 5.91 Å². The predicted molar refractivity (Wildman–Crippen MR) is 174 cm³/mol. The quantitative estimate of drug-likeness (QED) is 0.0999. The Kier molecular flexibility index (Phi) is 9.51. The van der Waals surface area contributed by atoms with Gasteiger partial charge in [0.2, 0.25) is 0 Å². The number of thioether (sulfide) groups is 1. The minimum Gasteiger partial charge on any atom is -0.377 e. The lowest BCUT2D eigenvalue weighted by molar-refractivity contribution is -0.120. The van der Waals surface area contributed by atoms with Gasteiger partial charge in [-0.15, -0.1) is 10.2 Å². The average molecular weight is 578 g/mol. The Morgan fingerprint density at radius 3 is 2.40 bits per heavy atom. The van der Waals surface area contributed by atoms with Crippen molar-refractivity contribution in [2.45, 2.75) is 37.7 Å². The molecule has 214 valence electrons. The van der Waals surface area contributed by atoms with Crippen molar-refractivity contribution in [3.8, 4) is 5.69 Å². The van der Waals surface area contributed by atoms with Gasteiger partial charge in [0.15, 0.2) is 11.0 Å². The molecule has 9 heteroatoms. The normalized spacial score (nSPS) is 12.0. The Morgan fingerprint density at radius 2 is 1.64 bits per heavy atom. The van der Waals surface area contributed by atoms with Crippen molar-refractivity contribution in [1.82, 2.24) is 20.2 Å². The number of rotatable bonds is 12. The summed E-state index contributed by atoms with van der Waals surface area (Å²) in [5.41, 5.74) is 6.71. The molecule has 1 heterocycles. The first kappa shape index (κ1) is 28.9. The van der Waals surface area contributed by atoms with Crippen LogP contribution in [0.5, 0.6) is 0 Å². The summed E-state index contributed by atoms with van der Waals surface area (Å²) in [5.74, 6) is 0.532. The van der Waals surface area contributed by atoms with E-state index in [1.165, 1.54) is 22.8 Å². The van der Waals surface area contributed by atoms with Crippen LogP contribution in [0, 0.1) is 0 Å². The molecule has 8 nitrogen and oxygen atoms in total. The number of fused-ring (bicyclic) bond motifs is 1. The number of aromatic nitrogens is 3. The molecule has 0 aliphatic carbocycles. The number of nitrogens with zero attached hydrogens (tertiary/aromatic N) is 5. The number of amides is 1. The monoisotopic (exact) mass is 577 g/mol. The summed E-state index contributed by atoms with van der Waals surface area (Å²) >= 11 is 1.34. The van der Waals surface area contributed by atoms with E-state index in [2.05, 4.69) is 81.2 Å². The summed E-state index contributed by atoms with van der Waals surface area (Å²) in [5, 5.41) is 19.2. The minimum atomic E-state index is -0.447. The topological polar surface area (TPSA) is 87.4 Å². The molecule has 42 heavy (non-hydrogen) atoms. The zero-order chi connectivity index (χ0) is 29.3. The van der Waals surface area contributed by atoms with Gasteiger partial charge in [-0.3, -0.25) is 9.36 Å². The van der Waals surface area contributed by atoms with Crippen molar-refractivity contribution in [3.63, 3.8) is 0 Å². The van der Waals surface area contributed by atoms with Gasteiger partial charge >= 0.3 is 0 Å². The van der Waals surface area contributed by atoms with Crippen LogP contribution in [0.15, 0.2) is 107 Å². The average Bonchev–Trinajstić information content (AvgIpc) is 3.43. The Hall–Kier alpha value is -4.63. The first-order valence-corrected chi connectivity index (χ1v) is 15.0. The molecule has 0 saturated carbocycles. The first-order chi connectivity index (χ1) is 20.6. The number of para-hydroxylation sites is 1. The van der Waals surface area contributed by atoms with Gasteiger partial charge in [-0.25, -0.2) is 5.43 Å². The third-order valence-corrected chi connectivity index (χ3v) is 8.05. The highest BCUT2D eigenvalue weighted by Crippen LogP contribution is 2.28. The van der Waals surface area contributed by atoms with Crippen molar-refractivity contribution >= 4 is 46.0 Å². The van der Waals surface area contributed by atoms with Crippen LogP contribution >= 0.6 is 11.8 Å². The molecule has 0 spiro atoms. The molecule has 0 aliphatic rings. The number of hydrogen-bond acceptors (Lipinski definition) is 7. The second kappa shape index (κ2) is 13.8. The van der Waals surface area contributed by atoms with Crippen molar-refractivity contribution in [2.75, 3.05) is 23.3 Å². The smallest absolute Gasteiger partial charge is 0.253 e. The summed E-state index contributed by atoms with van der Waals surface area (Å²) in [6.07, 6.45) is 1.66. The highest BCUT2D eigenvalue weighted by molar-refractivity contribution is 8.00. The van der Waals surface area contributed by atoms with Crippen molar-refractivity contribution in [3.05, 3.63) is 108 Å². The second-order valence-electron chi connectivity index (χ2n) is 9.71. The fraction of sp³-hybridized carbons (Fsp3) is 0.212. The Labute approximate surface area is 250 Å². The third kappa shape index (κ3) is 6.80. The SMILES string of the molecule is CCN(CC)c1ccc(C=NNC(=O)[C@@H](C)Sc2nnc(CNc3cccc4ccccc34)n2-c2ccccc2)cc1. The molecule has 5 rings (SSSR count). The lowest BCUT2D eigenvalue weighted by atomic mass is 10.1. The summed E-state index contributed by atoms with van der Waals surface area (Å²) in [6.45, 7) is 8.49. The summed E-state index contributed by atoms with van der Waals surface area (Å²) in [7, 11) is 0. The molecule has 4 aromatic carbocycles. The molecular weight excluding hydrogens is 542 g/mol. The number of benzene rings is 4. The summed E-state index contributed by atoms with van der Waals surface area (Å²) in [4.78, 5) is 15.2. The molecular formula is C33H35N7OS. The zero-order valence-electron chi connectivity index (χ0n) is 24.1. The van der Waals surface area contributed by atoms with Crippen LogP contribution in [0.1, 0.15) is 32.2 Å². The minimum absolute atomic E-state index is 0.214. The van der Waals surface area contributed by atoms with Crippen molar-refractivity contribution in [2.24, 2.45) is 5.10 Å². The number of anilines is 2. The van der Waals surface area contributed by atoms with Gasteiger partial charge in [0, 0.05) is 35.5 Å². The van der Waals surface area contributed by atoms with E-state index in [1.54, 1.807) is 6.21 Å². The Balaban J connectivity index is 1.27. The fourth-order valence-corrected chi connectivity index (χ4v) is 5.59. The van der Waals surface area contributed by atoms with E-state index in [0.717, 1.165) is 41.2 Å². The number of nitrogens with one attached hydrogen (secondary N) is 2. The van der Waals surface area contributed by atoms with Gasteiger partial charge in [-0.1, -0.05) is 78.5 Å². The summed E-state index contributed by atoms with van der Waals surface area (Å²) in [6, 6.07) is 32.5. The lowest BCUT2D eigenvalue weighted by Gasteiger charge is -2.20. The van der Waals surface area contributed by atoms with Gasteiger partial charge in [0.1, 0.15) is 0 Å². The summed E-state index contributed by atoms with van der Waals surface area (Å²) < 4.78 is 1.99. The van der Waals surface area contributed by atoms with Crippen LogP contribution in [0.25, 0.3) is 16.5 Å². The molecule has 1 aromatic heterocycles. The van der Waals surface area contributed by atoms with Crippen LogP contribution in [0.3, 0.4) is 0 Å². The van der Waals surface area contributed by atoms with Gasteiger partial charge in [-0.05, 0) is 62.1 Å². The maximum atomic E-state index is 12.9. The van der Waals surface area contributed by atoms with Gasteiger partial charge in [0.05, 0.1) is 18.0 Å². The lowest BCUT2D eigenvalue weighted by Crippen LogP contribution is -2.27. The van der Waals surface area contributed by atoms with E-state index >= 15 is 0 Å².